The van der Waals surface area contributed by atoms with Gasteiger partial charge in [-0.15, -0.1) is 0 Å². The molecule has 3 aromatic carbocycles. The van der Waals surface area contributed by atoms with Crippen LogP contribution in [0.15, 0.2) is 66.7 Å². The van der Waals surface area contributed by atoms with Crippen LogP contribution >= 0.6 is 0 Å². The van der Waals surface area contributed by atoms with E-state index < -0.39 is 12.0 Å². The van der Waals surface area contributed by atoms with Gasteiger partial charge >= 0.3 is 6.09 Å². The zero-order valence-corrected chi connectivity index (χ0v) is 15.5. The Hall–Kier alpha value is -3.60. The van der Waals surface area contributed by atoms with Gasteiger partial charge in [0.05, 0.1) is 0 Å². The maximum absolute atomic E-state index is 12.5. The first-order valence-corrected chi connectivity index (χ1v) is 9.04. The molecule has 0 heterocycles. The van der Waals surface area contributed by atoms with Crippen molar-refractivity contribution in [3.8, 4) is 11.1 Å². The summed E-state index contributed by atoms with van der Waals surface area (Å²) in [5, 5.41) is 0. The van der Waals surface area contributed by atoms with Crippen LogP contribution in [0.5, 0.6) is 0 Å². The Balaban J connectivity index is 1.52. The van der Waals surface area contributed by atoms with E-state index in [0.717, 1.165) is 17.5 Å². The molecule has 0 unspecified atom stereocenters. The molecule has 0 atom stereocenters. The highest BCUT2D eigenvalue weighted by Crippen LogP contribution is 2.39. The summed E-state index contributed by atoms with van der Waals surface area (Å²) in [5.41, 5.74) is 12.1. The maximum atomic E-state index is 12.5. The predicted octanol–water partition coefficient (Wildman–Crippen LogP) is 4.13. The zero-order valence-electron chi connectivity index (χ0n) is 15.5. The Morgan fingerprint density at radius 1 is 1.00 bits per heavy atom. The molecule has 28 heavy (non-hydrogen) atoms. The summed E-state index contributed by atoms with van der Waals surface area (Å²) in [6.07, 6.45) is 0.401. The molecular formula is C23H20N2O3. The third kappa shape index (κ3) is 3.22. The Labute approximate surface area is 163 Å². The number of nitrogens with two attached hydrogens (primary N) is 1. The van der Waals surface area contributed by atoms with E-state index in [2.05, 4.69) is 18.2 Å². The first kappa shape index (κ1) is 17.8. The summed E-state index contributed by atoms with van der Waals surface area (Å²) in [4.78, 5) is 25.2. The van der Waals surface area contributed by atoms with Gasteiger partial charge in [-0.2, -0.15) is 0 Å². The Bertz CT molecular complexity index is 1070. The largest absolute Gasteiger partial charge is 0.444 e. The van der Waals surface area contributed by atoms with Crippen LogP contribution < -0.4 is 10.6 Å². The molecule has 1 aliphatic rings. The van der Waals surface area contributed by atoms with Gasteiger partial charge in [0.15, 0.2) is 0 Å². The van der Waals surface area contributed by atoms with Crippen LogP contribution in [0.4, 0.5) is 10.5 Å². The third-order valence-electron chi connectivity index (χ3n) is 5.05. The van der Waals surface area contributed by atoms with Crippen LogP contribution in [0.25, 0.3) is 11.1 Å². The minimum atomic E-state index is -0.540. The van der Waals surface area contributed by atoms with Crippen LogP contribution in [0.1, 0.15) is 27.0 Å². The quantitative estimate of drug-likeness (QED) is 0.585. The van der Waals surface area contributed by atoms with E-state index >= 15 is 0 Å². The van der Waals surface area contributed by atoms with Crippen molar-refractivity contribution in [2.24, 2.45) is 5.73 Å². The van der Waals surface area contributed by atoms with E-state index in [4.69, 9.17) is 10.5 Å². The van der Waals surface area contributed by atoms with Gasteiger partial charge < -0.3 is 10.5 Å². The minimum Gasteiger partial charge on any atom is -0.444 e. The molecule has 0 radical (unpaired) electrons. The van der Waals surface area contributed by atoms with Crippen molar-refractivity contribution < 1.29 is 14.3 Å². The number of primary amides is 1. The third-order valence-corrected chi connectivity index (χ3v) is 5.05. The number of fused-ring (bicyclic) bond motifs is 3. The second-order valence-electron chi connectivity index (χ2n) is 6.81. The molecule has 2 amide bonds. The molecule has 5 heteroatoms. The highest BCUT2D eigenvalue weighted by Gasteiger charge is 2.22. The number of rotatable bonds is 4. The van der Waals surface area contributed by atoms with Crippen LogP contribution in [-0.2, 0) is 17.8 Å². The van der Waals surface area contributed by atoms with Crippen molar-refractivity contribution >= 4 is 17.7 Å². The molecule has 0 saturated carbocycles. The second-order valence-corrected chi connectivity index (χ2v) is 6.81. The lowest BCUT2D eigenvalue weighted by Gasteiger charge is -2.18. The van der Waals surface area contributed by atoms with Gasteiger partial charge in [-0.3, -0.25) is 9.69 Å². The lowest BCUT2D eigenvalue weighted by molar-refractivity contribution is 0.1000. The normalized spacial score (nSPS) is 11.5. The number of anilines is 1. The Morgan fingerprint density at radius 3 is 2.57 bits per heavy atom. The average Bonchev–Trinajstić information content (AvgIpc) is 3.10. The molecule has 140 valence electrons. The Morgan fingerprint density at radius 2 is 1.75 bits per heavy atom. The number of nitrogens with zero attached hydrogens (tertiary/aromatic N) is 1. The van der Waals surface area contributed by atoms with Crippen molar-refractivity contribution in [1.29, 1.82) is 0 Å². The van der Waals surface area contributed by atoms with Crippen molar-refractivity contribution in [3.63, 3.8) is 0 Å². The standard InChI is InChI=1S/C23H20N2O3/c1-25(19-10-5-8-17(13-19)22(24)26)23(27)28-14-18-9-4-7-16-12-15-6-2-3-11-20(15)21(16)18/h2-11,13H,12,14H2,1H3,(H2,24,26). The highest BCUT2D eigenvalue weighted by molar-refractivity contribution is 5.95. The van der Waals surface area contributed by atoms with Crippen molar-refractivity contribution in [2.75, 3.05) is 11.9 Å². The molecule has 0 aromatic heterocycles. The van der Waals surface area contributed by atoms with Gasteiger partial charge in [0.1, 0.15) is 6.61 Å². The number of hydrogen-bond acceptors (Lipinski definition) is 3. The van der Waals surface area contributed by atoms with E-state index in [1.165, 1.54) is 21.6 Å². The fourth-order valence-corrected chi connectivity index (χ4v) is 3.60. The smallest absolute Gasteiger partial charge is 0.414 e. The van der Waals surface area contributed by atoms with Gasteiger partial charge in [0.2, 0.25) is 5.91 Å². The topological polar surface area (TPSA) is 72.6 Å². The first-order valence-electron chi connectivity index (χ1n) is 9.04. The zero-order chi connectivity index (χ0) is 19.7. The molecular weight excluding hydrogens is 352 g/mol. The van der Waals surface area contributed by atoms with E-state index in [1.54, 1.807) is 31.3 Å². The van der Waals surface area contributed by atoms with Crippen molar-refractivity contribution in [3.05, 3.63) is 89.0 Å². The number of carbonyl (C=O) groups excluding carboxylic acids is 2. The molecule has 0 spiro atoms. The first-order chi connectivity index (χ1) is 13.5. The number of amides is 2. The van der Waals surface area contributed by atoms with Gasteiger partial charge in [-0.1, -0.05) is 48.5 Å². The number of hydrogen-bond donors (Lipinski definition) is 1. The number of carbonyl (C=O) groups is 2. The molecule has 0 bridgehead atoms. The Kier molecular flexibility index (Phi) is 4.57. The summed E-state index contributed by atoms with van der Waals surface area (Å²) in [6, 6.07) is 21.0. The van der Waals surface area contributed by atoms with E-state index in [-0.39, 0.29) is 6.61 Å². The van der Waals surface area contributed by atoms with Gasteiger partial charge in [0, 0.05) is 18.3 Å². The number of benzene rings is 3. The summed E-state index contributed by atoms with van der Waals surface area (Å²) < 4.78 is 5.56. The average molecular weight is 372 g/mol. The SMILES string of the molecule is CN(C(=O)OCc1cccc2c1-c1ccccc1C2)c1cccc(C(N)=O)c1. The summed E-state index contributed by atoms with van der Waals surface area (Å²) in [7, 11) is 1.60. The summed E-state index contributed by atoms with van der Waals surface area (Å²) in [6.45, 7) is 0.177. The van der Waals surface area contributed by atoms with E-state index in [0.29, 0.717) is 11.3 Å². The fraction of sp³-hybridized carbons (Fsp3) is 0.130. The van der Waals surface area contributed by atoms with Gasteiger partial charge in [-0.05, 0) is 52.4 Å². The lowest BCUT2D eigenvalue weighted by Crippen LogP contribution is -2.27. The molecule has 4 rings (SSSR count). The van der Waals surface area contributed by atoms with E-state index in [1.807, 2.05) is 24.3 Å². The lowest BCUT2D eigenvalue weighted by atomic mass is 10.00. The van der Waals surface area contributed by atoms with Gasteiger partial charge in [0.25, 0.3) is 0 Å². The van der Waals surface area contributed by atoms with Crippen molar-refractivity contribution in [2.45, 2.75) is 13.0 Å². The van der Waals surface area contributed by atoms with E-state index in [9.17, 15) is 9.59 Å². The van der Waals surface area contributed by atoms with Gasteiger partial charge in [-0.25, -0.2) is 4.79 Å². The summed E-state index contributed by atoms with van der Waals surface area (Å²) >= 11 is 0. The molecule has 3 aromatic rings. The monoisotopic (exact) mass is 372 g/mol. The van der Waals surface area contributed by atoms with Crippen molar-refractivity contribution in [1.82, 2.24) is 0 Å². The molecule has 0 saturated heterocycles. The molecule has 5 nitrogen and oxygen atoms in total. The highest BCUT2D eigenvalue weighted by atomic mass is 16.6. The second kappa shape index (κ2) is 7.19. The van der Waals surface area contributed by atoms with Crippen LogP contribution in [-0.4, -0.2) is 19.0 Å². The molecule has 0 fully saturated rings. The maximum Gasteiger partial charge on any atom is 0.414 e. The fourth-order valence-electron chi connectivity index (χ4n) is 3.60. The minimum absolute atomic E-state index is 0.177. The van der Waals surface area contributed by atoms with Crippen LogP contribution in [0.2, 0.25) is 0 Å². The predicted molar refractivity (Wildman–Crippen MR) is 108 cm³/mol. The van der Waals surface area contributed by atoms with Crippen LogP contribution in [0, 0.1) is 0 Å². The van der Waals surface area contributed by atoms with Crippen LogP contribution in [0.3, 0.4) is 0 Å². The number of ether oxygens (including phenoxy) is 1. The molecule has 0 aliphatic heterocycles. The molecule has 2 N–H and O–H groups in total. The summed E-state index contributed by atoms with van der Waals surface area (Å²) in [5.74, 6) is -0.540. The molecule has 1 aliphatic carbocycles.